The van der Waals surface area contributed by atoms with Crippen LogP contribution >= 0.6 is 0 Å². The summed E-state index contributed by atoms with van der Waals surface area (Å²) in [5.74, 6) is 0.0749. The fraction of sp³-hybridized carbons (Fsp3) is 0.889. The fourth-order valence-corrected chi connectivity index (χ4v) is 1.46. The van der Waals surface area contributed by atoms with Gasteiger partial charge in [-0.25, -0.2) is 0 Å². The number of carbonyl (C=O) groups is 1. The van der Waals surface area contributed by atoms with Gasteiger partial charge in [-0.3, -0.25) is 4.79 Å². The number of hydrogen-bond donors (Lipinski definition) is 1. The lowest BCUT2D eigenvalue weighted by molar-refractivity contribution is -0.133. The molecular weight excluding hydrogens is 170 g/mol. The Bertz CT molecular complexity index is 182. The van der Waals surface area contributed by atoms with Crippen LogP contribution in [0.1, 0.15) is 20.3 Å². The Balaban J connectivity index is 2.58. The van der Waals surface area contributed by atoms with E-state index in [1.807, 2.05) is 6.92 Å². The third-order valence-corrected chi connectivity index (χ3v) is 2.13. The first-order valence-corrected chi connectivity index (χ1v) is 4.66. The topological polar surface area (TPSA) is 49.8 Å². The van der Waals surface area contributed by atoms with E-state index in [0.29, 0.717) is 26.2 Å². The highest BCUT2D eigenvalue weighted by molar-refractivity contribution is 5.76. The van der Waals surface area contributed by atoms with Crippen molar-refractivity contribution in [2.75, 3.05) is 19.8 Å². The van der Waals surface area contributed by atoms with Gasteiger partial charge in [-0.1, -0.05) is 0 Å². The summed E-state index contributed by atoms with van der Waals surface area (Å²) in [6.07, 6.45) is -0.0404. The number of aliphatic hydroxyl groups is 1. The molecule has 1 fully saturated rings. The molecule has 0 aliphatic carbocycles. The zero-order chi connectivity index (χ0) is 9.84. The minimum Gasteiger partial charge on any atom is -0.392 e. The van der Waals surface area contributed by atoms with Gasteiger partial charge < -0.3 is 14.7 Å². The highest BCUT2D eigenvalue weighted by Gasteiger charge is 2.23. The molecule has 1 aliphatic heterocycles. The first-order chi connectivity index (χ1) is 6.11. The Labute approximate surface area is 78.5 Å². The second-order valence-electron chi connectivity index (χ2n) is 3.57. The third-order valence-electron chi connectivity index (χ3n) is 2.13. The molecule has 2 atom stereocenters. The number of β-amino-alcohol motifs (C(OH)–C–C–N with tert-alkyl or cyclic N) is 1. The second kappa shape index (κ2) is 4.58. The number of amides is 1. The van der Waals surface area contributed by atoms with Gasteiger partial charge in [-0.05, 0) is 13.8 Å². The molecule has 13 heavy (non-hydrogen) atoms. The van der Waals surface area contributed by atoms with Gasteiger partial charge in [-0.15, -0.1) is 0 Å². The summed E-state index contributed by atoms with van der Waals surface area (Å²) in [5.41, 5.74) is 0. The molecule has 76 valence electrons. The first-order valence-electron chi connectivity index (χ1n) is 4.66. The quantitative estimate of drug-likeness (QED) is 0.662. The van der Waals surface area contributed by atoms with Gasteiger partial charge in [0.2, 0.25) is 5.91 Å². The predicted octanol–water partition coefficient (Wildman–Crippen LogP) is 0.00460. The Morgan fingerprint density at radius 2 is 2.46 bits per heavy atom. The van der Waals surface area contributed by atoms with Crippen molar-refractivity contribution in [1.29, 1.82) is 0 Å². The van der Waals surface area contributed by atoms with Gasteiger partial charge in [0, 0.05) is 6.54 Å². The maximum absolute atomic E-state index is 11.5. The van der Waals surface area contributed by atoms with Crippen LogP contribution in [-0.2, 0) is 9.53 Å². The van der Waals surface area contributed by atoms with Crippen molar-refractivity contribution in [3.8, 4) is 0 Å². The van der Waals surface area contributed by atoms with Crippen molar-refractivity contribution in [2.45, 2.75) is 32.4 Å². The molecule has 1 heterocycles. The van der Waals surface area contributed by atoms with E-state index in [2.05, 4.69) is 0 Å². The van der Waals surface area contributed by atoms with E-state index in [1.54, 1.807) is 11.8 Å². The van der Waals surface area contributed by atoms with E-state index in [1.165, 1.54) is 0 Å². The highest BCUT2D eigenvalue weighted by atomic mass is 16.5. The molecule has 1 saturated heterocycles. The standard InChI is InChI=1S/C9H17NO3/c1-7-6-13-4-3-9(12)10(7)5-8(2)11/h7-8,11H,3-6H2,1-2H3. The summed E-state index contributed by atoms with van der Waals surface area (Å²) in [7, 11) is 0. The van der Waals surface area contributed by atoms with Crippen LogP contribution < -0.4 is 0 Å². The van der Waals surface area contributed by atoms with Gasteiger partial charge in [0.05, 0.1) is 31.8 Å². The molecule has 1 aliphatic rings. The maximum atomic E-state index is 11.5. The van der Waals surface area contributed by atoms with Gasteiger partial charge in [0.1, 0.15) is 0 Å². The second-order valence-corrected chi connectivity index (χ2v) is 3.57. The Hall–Kier alpha value is -0.610. The molecule has 0 saturated carbocycles. The number of hydrogen-bond acceptors (Lipinski definition) is 3. The van der Waals surface area contributed by atoms with E-state index in [4.69, 9.17) is 4.74 Å². The van der Waals surface area contributed by atoms with Gasteiger partial charge >= 0.3 is 0 Å². The number of carbonyl (C=O) groups excluding carboxylic acids is 1. The number of nitrogens with zero attached hydrogens (tertiary/aromatic N) is 1. The molecule has 0 bridgehead atoms. The molecule has 1 rings (SSSR count). The summed E-state index contributed by atoms with van der Waals surface area (Å²) < 4.78 is 5.24. The fourth-order valence-electron chi connectivity index (χ4n) is 1.46. The van der Waals surface area contributed by atoms with Crippen LogP contribution in [0.4, 0.5) is 0 Å². The van der Waals surface area contributed by atoms with E-state index < -0.39 is 6.10 Å². The molecule has 4 heteroatoms. The summed E-state index contributed by atoms with van der Waals surface area (Å²) in [5, 5.41) is 9.20. The SMILES string of the molecule is CC(O)CN1C(=O)CCOCC1C. The summed E-state index contributed by atoms with van der Waals surface area (Å²) >= 11 is 0. The molecule has 0 radical (unpaired) electrons. The molecule has 4 nitrogen and oxygen atoms in total. The normalized spacial score (nSPS) is 27.2. The molecule has 2 unspecified atom stereocenters. The van der Waals surface area contributed by atoms with Crippen molar-refractivity contribution in [3.63, 3.8) is 0 Å². The third kappa shape index (κ3) is 2.97. The van der Waals surface area contributed by atoms with Gasteiger partial charge in [-0.2, -0.15) is 0 Å². The van der Waals surface area contributed by atoms with Gasteiger partial charge in [0.25, 0.3) is 0 Å². The average Bonchev–Trinajstić information content (AvgIpc) is 2.18. The number of rotatable bonds is 2. The van der Waals surface area contributed by atoms with Crippen molar-refractivity contribution < 1.29 is 14.6 Å². The summed E-state index contributed by atoms with van der Waals surface area (Å²) in [6, 6.07) is 0.0737. The molecule has 1 N–H and O–H groups in total. The van der Waals surface area contributed by atoms with E-state index in [9.17, 15) is 9.90 Å². The minimum atomic E-state index is -0.468. The summed E-state index contributed by atoms with van der Waals surface area (Å²) in [4.78, 5) is 13.2. The van der Waals surface area contributed by atoms with E-state index in [0.717, 1.165) is 0 Å². The lowest BCUT2D eigenvalue weighted by Gasteiger charge is -2.27. The Morgan fingerprint density at radius 1 is 1.77 bits per heavy atom. The van der Waals surface area contributed by atoms with Crippen molar-refractivity contribution in [1.82, 2.24) is 4.90 Å². The molecule has 1 amide bonds. The van der Waals surface area contributed by atoms with Crippen LogP contribution in [0.5, 0.6) is 0 Å². The maximum Gasteiger partial charge on any atom is 0.225 e. The van der Waals surface area contributed by atoms with Crippen LogP contribution in [0.2, 0.25) is 0 Å². The number of ether oxygens (including phenoxy) is 1. The largest absolute Gasteiger partial charge is 0.392 e. The zero-order valence-corrected chi connectivity index (χ0v) is 8.19. The van der Waals surface area contributed by atoms with Crippen LogP contribution in [0.15, 0.2) is 0 Å². The van der Waals surface area contributed by atoms with Crippen molar-refractivity contribution in [2.24, 2.45) is 0 Å². The van der Waals surface area contributed by atoms with E-state index in [-0.39, 0.29) is 11.9 Å². The predicted molar refractivity (Wildman–Crippen MR) is 48.3 cm³/mol. The average molecular weight is 187 g/mol. The lowest BCUT2D eigenvalue weighted by Crippen LogP contribution is -2.43. The van der Waals surface area contributed by atoms with Crippen molar-refractivity contribution in [3.05, 3.63) is 0 Å². The summed E-state index contributed by atoms with van der Waals surface area (Å²) in [6.45, 7) is 5.10. The number of aliphatic hydroxyl groups excluding tert-OH is 1. The first kappa shape index (κ1) is 10.5. The molecule has 0 aromatic carbocycles. The Morgan fingerprint density at radius 3 is 3.08 bits per heavy atom. The van der Waals surface area contributed by atoms with Crippen LogP contribution in [-0.4, -0.2) is 47.8 Å². The van der Waals surface area contributed by atoms with Crippen LogP contribution in [0.3, 0.4) is 0 Å². The molecule has 0 aromatic heterocycles. The van der Waals surface area contributed by atoms with E-state index >= 15 is 0 Å². The Kier molecular flexibility index (Phi) is 3.69. The zero-order valence-electron chi connectivity index (χ0n) is 8.19. The minimum absolute atomic E-state index is 0.0737. The molecular formula is C9H17NO3. The van der Waals surface area contributed by atoms with Gasteiger partial charge in [0.15, 0.2) is 0 Å². The van der Waals surface area contributed by atoms with Crippen LogP contribution in [0.25, 0.3) is 0 Å². The smallest absolute Gasteiger partial charge is 0.225 e. The molecule has 0 spiro atoms. The molecule has 0 aromatic rings. The monoisotopic (exact) mass is 187 g/mol. The highest BCUT2D eigenvalue weighted by Crippen LogP contribution is 2.08. The lowest BCUT2D eigenvalue weighted by atomic mass is 10.2. The van der Waals surface area contributed by atoms with Crippen LogP contribution in [0, 0.1) is 0 Å². The van der Waals surface area contributed by atoms with Crippen molar-refractivity contribution >= 4 is 5.91 Å².